The standard InChI is InChI=1S/C11H13ClFN/c1-2-8(7-14)3-9-4-10(12)6-11(13)5-9/h2,4-6H,3,7,14H2,1H3/b8-2-. The summed E-state index contributed by atoms with van der Waals surface area (Å²) >= 11 is 5.73. The largest absolute Gasteiger partial charge is 0.327 e. The summed E-state index contributed by atoms with van der Waals surface area (Å²) in [5, 5.41) is 0.424. The molecule has 0 heterocycles. The fraction of sp³-hybridized carbons (Fsp3) is 0.273. The van der Waals surface area contributed by atoms with Crippen LogP contribution in [0.5, 0.6) is 0 Å². The summed E-state index contributed by atoms with van der Waals surface area (Å²) in [6.07, 6.45) is 2.60. The van der Waals surface area contributed by atoms with E-state index >= 15 is 0 Å². The Morgan fingerprint density at radius 1 is 1.50 bits per heavy atom. The molecule has 0 aliphatic heterocycles. The Morgan fingerprint density at radius 3 is 2.71 bits per heavy atom. The fourth-order valence-electron chi connectivity index (χ4n) is 1.27. The molecule has 2 N–H and O–H groups in total. The average molecular weight is 214 g/mol. The summed E-state index contributed by atoms with van der Waals surface area (Å²) in [6, 6.07) is 4.53. The highest BCUT2D eigenvalue weighted by Gasteiger charge is 2.01. The molecule has 0 atom stereocenters. The van der Waals surface area contributed by atoms with Crippen LogP contribution < -0.4 is 5.73 Å². The maximum Gasteiger partial charge on any atom is 0.124 e. The van der Waals surface area contributed by atoms with E-state index in [0.29, 0.717) is 18.0 Å². The van der Waals surface area contributed by atoms with Gasteiger partial charge in [-0.25, -0.2) is 4.39 Å². The number of hydrogen-bond donors (Lipinski definition) is 1. The van der Waals surface area contributed by atoms with Gasteiger partial charge in [0, 0.05) is 11.6 Å². The lowest BCUT2D eigenvalue weighted by atomic mass is 10.1. The smallest absolute Gasteiger partial charge is 0.124 e. The first-order chi connectivity index (χ1) is 6.65. The van der Waals surface area contributed by atoms with Gasteiger partial charge in [-0.3, -0.25) is 0 Å². The first-order valence-corrected chi connectivity index (χ1v) is 4.82. The number of halogens is 2. The number of nitrogens with two attached hydrogens (primary N) is 1. The van der Waals surface area contributed by atoms with Crippen LogP contribution in [0.1, 0.15) is 12.5 Å². The quantitative estimate of drug-likeness (QED) is 0.768. The Labute approximate surface area is 88.4 Å². The molecule has 0 aliphatic carbocycles. The first kappa shape index (κ1) is 11.2. The van der Waals surface area contributed by atoms with Crippen LogP contribution in [0.25, 0.3) is 0 Å². The molecule has 0 saturated carbocycles. The molecular formula is C11H13ClFN. The van der Waals surface area contributed by atoms with Crippen LogP contribution in [0.4, 0.5) is 4.39 Å². The molecule has 0 fully saturated rings. The Bertz CT molecular complexity index is 327. The highest BCUT2D eigenvalue weighted by atomic mass is 35.5. The zero-order chi connectivity index (χ0) is 10.6. The van der Waals surface area contributed by atoms with Crippen molar-refractivity contribution in [2.24, 2.45) is 5.73 Å². The second kappa shape index (κ2) is 5.13. The third kappa shape index (κ3) is 3.13. The molecule has 0 unspecified atom stereocenters. The van der Waals surface area contributed by atoms with Crippen LogP contribution in [-0.2, 0) is 6.42 Å². The fourth-order valence-corrected chi connectivity index (χ4v) is 1.51. The van der Waals surface area contributed by atoms with Crippen LogP contribution in [0.3, 0.4) is 0 Å². The van der Waals surface area contributed by atoms with E-state index < -0.39 is 0 Å². The Kier molecular flexibility index (Phi) is 4.11. The molecule has 0 amide bonds. The van der Waals surface area contributed by atoms with Gasteiger partial charge >= 0.3 is 0 Å². The van der Waals surface area contributed by atoms with E-state index in [1.807, 2.05) is 13.0 Å². The van der Waals surface area contributed by atoms with Crippen molar-refractivity contribution in [3.8, 4) is 0 Å². The van der Waals surface area contributed by atoms with E-state index in [-0.39, 0.29) is 5.82 Å². The highest BCUT2D eigenvalue weighted by Crippen LogP contribution is 2.16. The van der Waals surface area contributed by atoms with E-state index in [0.717, 1.165) is 11.1 Å². The van der Waals surface area contributed by atoms with Gasteiger partial charge in [0.1, 0.15) is 5.82 Å². The minimum atomic E-state index is -0.306. The average Bonchev–Trinajstić information content (AvgIpc) is 2.12. The molecule has 0 aliphatic rings. The lowest BCUT2D eigenvalue weighted by Crippen LogP contribution is -2.05. The van der Waals surface area contributed by atoms with Crippen LogP contribution in [-0.4, -0.2) is 6.54 Å². The molecule has 0 bridgehead atoms. The van der Waals surface area contributed by atoms with Crippen molar-refractivity contribution >= 4 is 11.6 Å². The lowest BCUT2D eigenvalue weighted by molar-refractivity contribution is 0.626. The van der Waals surface area contributed by atoms with Crippen molar-refractivity contribution in [3.63, 3.8) is 0 Å². The third-order valence-corrected chi connectivity index (χ3v) is 2.24. The zero-order valence-corrected chi connectivity index (χ0v) is 8.81. The van der Waals surface area contributed by atoms with Gasteiger partial charge in [-0.1, -0.05) is 23.3 Å². The normalized spacial score (nSPS) is 11.9. The molecule has 0 radical (unpaired) electrons. The monoisotopic (exact) mass is 213 g/mol. The molecular weight excluding hydrogens is 201 g/mol. The van der Waals surface area contributed by atoms with Crippen molar-refractivity contribution in [2.45, 2.75) is 13.3 Å². The Hall–Kier alpha value is -0.860. The van der Waals surface area contributed by atoms with Gasteiger partial charge < -0.3 is 5.73 Å². The van der Waals surface area contributed by atoms with E-state index in [9.17, 15) is 4.39 Å². The first-order valence-electron chi connectivity index (χ1n) is 4.44. The predicted molar refractivity (Wildman–Crippen MR) is 57.9 cm³/mol. The van der Waals surface area contributed by atoms with Crippen molar-refractivity contribution in [1.29, 1.82) is 0 Å². The molecule has 14 heavy (non-hydrogen) atoms. The number of benzene rings is 1. The van der Waals surface area contributed by atoms with Gasteiger partial charge in [-0.05, 0) is 37.1 Å². The molecule has 0 saturated heterocycles. The van der Waals surface area contributed by atoms with Gasteiger partial charge in [-0.15, -0.1) is 0 Å². The Balaban J connectivity index is 2.86. The molecule has 1 rings (SSSR count). The number of rotatable bonds is 3. The summed E-state index contributed by atoms with van der Waals surface area (Å²) in [5.41, 5.74) is 7.44. The molecule has 1 nitrogen and oxygen atoms in total. The van der Waals surface area contributed by atoms with Crippen LogP contribution in [0.15, 0.2) is 29.8 Å². The number of allylic oxidation sites excluding steroid dienone is 1. The second-order valence-corrected chi connectivity index (χ2v) is 3.54. The third-order valence-electron chi connectivity index (χ3n) is 2.02. The van der Waals surface area contributed by atoms with Gasteiger partial charge in [0.05, 0.1) is 0 Å². The van der Waals surface area contributed by atoms with Crippen LogP contribution in [0, 0.1) is 5.82 Å². The summed E-state index contributed by atoms with van der Waals surface area (Å²) < 4.78 is 13.0. The Morgan fingerprint density at radius 2 is 2.21 bits per heavy atom. The van der Waals surface area contributed by atoms with Crippen molar-refractivity contribution in [1.82, 2.24) is 0 Å². The van der Waals surface area contributed by atoms with Gasteiger partial charge in [0.15, 0.2) is 0 Å². The van der Waals surface area contributed by atoms with Crippen molar-refractivity contribution in [2.75, 3.05) is 6.54 Å². The number of hydrogen-bond acceptors (Lipinski definition) is 1. The summed E-state index contributed by atoms with van der Waals surface area (Å²) in [7, 11) is 0. The maximum absolute atomic E-state index is 13.0. The molecule has 0 aromatic heterocycles. The topological polar surface area (TPSA) is 26.0 Å². The minimum absolute atomic E-state index is 0.306. The van der Waals surface area contributed by atoms with E-state index in [2.05, 4.69) is 0 Å². The van der Waals surface area contributed by atoms with E-state index in [1.54, 1.807) is 6.07 Å². The molecule has 0 spiro atoms. The summed E-state index contributed by atoms with van der Waals surface area (Å²) in [6.45, 7) is 2.41. The molecule has 1 aromatic carbocycles. The van der Waals surface area contributed by atoms with E-state index in [4.69, 9.17) is 17.3 Å². The zero-order valence-electron chi connectivity index (χ0n) is 8.06. The minimum Gasteiger partial charge on any atom is -0.327 e. The predicted octanol–water partition coefficient (Wildman–Crippen LogP) is 2.93. The molecule has 76 valence electrons. The van der Waals surface area contributed by atoms with Crippen LogP contribution >= 0.6 is 11.6 Å². The summed E-state index contributed by atoms with van der Waals surface area (Å²) in [4.78, 5) is 0. The van der Waals surface area contributed by atoms with Crippen molar-refractivity contribution < 1.29 is 4.39 Å². The lowest BCUT2D eigenvalue weighted by Gasteiger charge is -2.04. The maximum atomic E-state index is 13.0. The van der Waals surface area contributed by atoms with Gasteiger partial charge in [0.25, 0.3) is 0 Å². The van der Waals surface area contributed by atoms with Crippen LogP contribution in [0.2, 0.25) is 5.02 Å². The summed E-state index contributed by atoms with van der Waals surface area (Å²) in [5.74, 6) is -0.306. The molecule has 3 heteroatoms. The van der Waals surface area contributed by atoms with Crippen molar-refractivity contribution in [3.05, 3.63) is 46.3 Å². The SMILES string of the molecule is C/C=C(\CN)Cc1cc(F)cc(Cl)c1. The highest BCUT2D eigenvalue weighted by molar-refractivity contribution is 6.30. The molecule has 1 aromatic rings. The van der Waals surface area contributed by atoms with E-state index in [1.165, 1.54) is 12.1 Å². The van der Waals surface area contributed by atoms with Gasteiger partial charge in [0.2, 0.25) is 0 Å². The second-order valence-electron chi connectivity index (χ2n) is 3.11. The van der Waals surface area contributed by atoms with Gasteiger partial charge in [-0.2, -0.15) is 0 Å².